The molecule has 6 heteroatoms. The molecule has 0 aliphatic heterocycles. The molecule has 1 heterocycles. The van der Waals surface area contributed by atoms with Crippen LogP contribution >= 0.6 is 0 Å². The van der Waals surface area contributed by atoms with E-state index in [1.54, 1.807) is 12.1 Å². The van der Waals surface area contributed by atoms with Crippen LogP contribution in [0, 0.1) is 0 Å². The SMILES string of the molecule is N[C@@H](COC(=O)C=Cc1ccco1)C(=O)O. The van der Waals surface area contributed by atoms with Gasteiger partial charge in [-0.15, -0.1) is 0 Å². The highest BCUT2D eigenvalue weighted by Gasteiger charge is 2.12. The van der Waals surface area contributed by atoms with E-state index in [2.05, 4.69) is 4.74 Å². The topological polar surface area (TPSA) is 103 Å². The van der Waals surface area contributed by atoms with Crippen molar-refractivity contribution < 1.29 is 23.8 Å². The second-order valence-electron chi connectivity index (χ2n) is 2.92. The Labute approximate surface area is 91.3 Å². The van der Waals surface area contributed by atoms with E-state index in [1.165, 1.54) is 12.3 Å². The van der Waals surface area contributed by atoms with Gasteiger partial charge < -0.3 is 20.0 Å². The molecule has 0 aliphatic rings. The molecule has 0 saturated heterocycles. The quantitative estimate of drug-likeness (QED) is 0.550. The van der Waals surface area contributed by atoms with Crippen LogP contribution in [0.2, 0.25) is 0 Å². The minimum Gasteiger partial charge on any atom is -0.480 e. The second-order valence-corrected chi connectivity index (χ2v) is 2.92. The average molecular weight is 225 g/mol. The molecule has 0 fully saturated rings. The number of nitrogens with two attached hydrogens (primary N) is 1. The van der Waals surface area contributed by atoms with E-state index >= 15 is 0 Å². The molecule has 0 unspecified atom stereocenters. The summed E-state index contributed by atoms with van der Waals surface area (Å²) < 4.78 is 9.52. The van der Waals surface area contributed by atoms with Crippen LogP contribution in [0.4, 0.5) is 0 Å². The summed E-state index contributed by atoms with van der Waals surface area (Å²) >= 11 is 0. The molecule has 0 saturated carbocycles. The van der Waals surface area contributed by atoms with Crippen molar-refractivity contribution in [3.8, 4) is 0 Å². The molecule has 1 aromatic rings. The summed E-state index contributed by atoms with van der Waals surface area (Å²) in [5.74, 6) is -1.39. The maximum atomic E-state index is 11.1. The molecule has 0 radical (unpaired) electrons. The number of carbonyl (C=O) groups is 2. The van der Waals surface area contributed by atoms with E-state index in [0.717, 1.165) is 6.08 Å². The van der Waals surface area contributed by atoms with Gasteiger partial charge in [-0.25, -0.2) is 4.79 Å². The largest absolute Gasteiger partial charge is 0.480 e. The van der Waals surface area contributed by atoms with Crippen LogP contribution in [-0.2, 0) is 14.3 Å². The van der Waals surface area contributed by atoms with Gasteiger partial charge in [-0.2, -0.15) is 0 Å². The van der Waals surface area contributed by atoms with Gasteiger partial charge in [0.1, 0.15) is 18.4 Å². The minimum atomic E-state index is -1.22. The molecule has 0 amide bonds. The first-order valence-corrected chi connectivity index (χ1v) is 4.46. The summed E-state index contributed by atoms with van der Waals surface area (Å²) in [7, 11) is 0. The summed E-state index contributed by atoms with van der Waals surface area (Å²) in [6.45, 7) is -0.364. The Balaban J connectivity index is 2.34. The fourth-order valence-electron chi connectivity index (χ4n) is 0.828. The molecule has 86 valence electrons. The number of rotatable bonds is 5. The first kappa shape index (κ1) is 12.0. The van der Waals surface area contributed by atoms with Crippen LogP contribution in [0.1, 0.15) is 5.76 Å². The molecule has 0 bridgehead atoms. The minimum absolute atomic E-state index is 0.364. The molecule has 0 aromatic carbocycles. The Kier molecular flexibility index (Phi) is 4.28. The molecule has 16 heavy (non-hydrogen) atoms. The van der Waals surface area contributed by atoms with E-state index in [4.69, 9.17) is 15.3 Å². The fourth-order valence-corrected chi connectivity index (χ4v) is 0.828. The molecule has 1 aromatic heterocycles. The van der Waals surface area contributed by atoms with Crippen LogP contribution in [0.5, 0.6) is 0 Å². The Hall–Kier alpha value is -2.08. The number of furan rings is 1. The Morgan fingerprint density at radius 1 is 1.62 bits per heavy atom. The predicted molar refractivity (Wildman–Crippen MR) is 54.3 cm³/mol. The highest BCUT2D eigenvalue weighted by Crippen LogP contribution is 2.02. The highest BCUT2D eigenvalue weighted by molar-refractivity contribution is 5.86. The van der Waals surface area contributed by atoms with Crippen molar-refractivity contribution >= 4 is 18.0 Å². The van der Waals surface area contributed by atoms with E-state index in [-0.39, 0.29) is 6.61 Å². The number of hydrogen-bond acceptors (Lipinski definition) is 5. The normalized spacial score (nSPS) is 12.6. The van der Waals surface area contributed by atoms with Gasteiger partial charge in [0.15, 0.2) is 0 Å². The molecular weight excluding hydrogens is 214 g/mol. The first-order valence-electron chi connectivity index (χ1n) is 4.46. The standard InChI is InChI=1S/C10H11NO5/c11-8(10(13)14)6-16-9(12)4-3-7-2-1-5-15-7/h1-5,8H,6,11H2,(H,13,14)/t8-/m0/s1. The predicted octanol–water partition coefficient (Wildman–Crippen LogP) is 0.248. The number of esters is 1. The van der Waals surface area contributed by atoms with Crippen LogP contribution in [-0.4, -0.2) is 29.7 Å². The second kappa shape index (κ2) is 5.72. The number of carboxylic acids is 1. The van der Waals surface area contributed by atoms with Crippen LogP contribution in [0.25, 0.3) is 6.08 Å². The summed E-state index contributed by atoms with van der Waals surface area (Å²) in [6, 6.07) is 2.12. The summed E-state index contributed by atoms with van der Waals surface area (Å²) in [5, 5.41) is 8.43. The molecule has 0 aliphatic carbocycles. The molecule has 6 nitrogen and oxygen atoms in total. The van der Waals surface area contributed by atoms with E-state index in [0.29, 0.717) is 5.76 Å². The van der Waals surface area contributed by atoms with Gasteiger partial charge in [-0.1, -0.05) is 0 Å². The van der Waals surface area contributed by atoms with E-state index in [9.17, 15) is 9.59 Å². The van der Waals surface area contributed by atoms with Crippen LogP contribution < -0.4 is 5.73 Å². The van der Waals surface area contributed by atoms with Crippen LogP contribution in [0.15, 0.2) is 28.9 Å². The molecule has 1 rings (SSSR count). The van der Waals surface area contributed by atoms with Crippen molar-refractivity contribution in [1.82, 2.24) is 0 Å². The summed E-state index contributed by atoms with van der Waals surface area (Å²) in [6.07, 6.45) is 4.01. The Bertz CT molecular complexity index is 382. The van der Waals surface area contributed by atoms with Gasteiger partial charge in [0.2, 0.25) is 0 Å². The van der Waals surface area contributed by atoms with Gasteiger partial charge in [0, 0.05) is 6.08 Å². The number of carbonyl (C=O) groups excluding carboxylic acids is 1. The van der Waals surface area contributed by atoms with Gasteiger partial charge in [0.05, 0.1) is 6.26 Å². The number of carboxylic acid groups (broad SMARTS) is 1. The fraction of sp³-hybridized carbons (Fsp3) is 0.200. The van der Waals surface area contributed by atoms with Crippen molar-refractivity contribution in [2.24, 2.45) is 5.73 Å². The lowest BCUT2D eigenvalue weighted by atomic mass is 10.3. The zero-order valence-electron chi connectivity index (χ0n) is 8.33. The third-order valence-electron chi connectivity index (χ3n) is 1.65. The molecule has 0 spiro atoms. The lowest BCUT2D eigenvalue weighted by Gasteiger charge is -2.05. The molecular formula is C10H11NO5. The third kappa shape index (κ3) is 3.97. The lowest BCUT2D eigenvalue weighted by molar-refractivity contribution is -0.144. The van der Waals surface area contributed by atoms with Gasteiger partial charge >= 0.3 is 11.9 Å². The monoisotopic (exact) mass is 225 g/mol. The summed E-state index contributed by atoms with van der Waals surface area (Å²) in [4.78, 5) is 21.4. The zero-order valence-corrected chi connectivity index (χ0v) is 8.33. The maximum Gasteiger partial charge on any atom is 0.330 e. The smallest absolute Gasteiger partial charge is 0.330 e. The Morgan fingerprint density at radius 2 is 2.38 bits per heavy atom. The number of hydrogen-bond donors (Lipinski definition) is 2. The summed E-state index contributed by atoms with van der Waals surface area (Å²) in [5.41, 5.74) is 5.14. The van der Waals surface area contributed by atoms with Crippen molar-refractivity contribution in [3.05, 3.63) is 30.2 Å². The number of ether oxygens (including phenoxy) is 1. The van der Waals surface area contributed by atoms with Gasteiger partial charge in [-0.05, 0) is 18.2 Å². The first-order chi connectivity index (χ1) is 7.59. The van der Waals surface area contributed by atoms with Crippen molar-refractivity contribution in [3.63, 3.8) is 0 Å². The van der Waals surface area contributed by atoms with Gasteiger partial charge in [-0.3, -0.25) is 4.79 Å². The van der Waals surface area contributed by atoms with Crippen molar-refractivity contribution in [1.29, 1.82) is 0 Å². The molecule has 1 atom stereocenters. The van der Waals surface area contributed by atoms with Gasteiger partial charge in [0.25, 0.3) is 0 Å². The van der Waals surface area contributed by atoms with Crippen molar-refractivity contribution in [2.45, 2.75) is 6.04 Å². The average Bonchev–Trinajstić information content (AvgIpc) is 2.75. The maximum absolute atomic E-state index is 11.1. The highest BCUT2D eigenvalue weighted by atomic mass is 16.5. The third-order valence-corrected chi connectivity index (χ3v) is 1.65. The Morgan fingerprint density at radius 3 is 2.94 bits per heavy atom. The van der Waals surface area contributed by atoms with E-state index in [1.807, 2.05) is 0 Å². The van der Waals surface area contributed by atoms with E-state index < -0.39 is 18.0 Å². The number of aliphatic carboxylic acids is 1. The van der Waals surface area contributed by atoms with Crippen LogP contribution in [0.3, 0.4) is 0 Å². The zero-order chi connectivity index (χ0) is 12.0. The lowest BCUT2D eigenvalue weighted by Crippen LogP contribution is -2.35. The van der Waals surface area contributed by atoms with Crippen molar-refractivity contribution in [2.75, 3.05) is 6.61 Å². The molecule has 3 N–H and O–H groups in total.